The molecule has 3 N–H and O–H groups in total. The smallest absolute Gasteiger partial charge is 0.237 e. The van der Waals surface area contributed by atoms with Crippen LogP contribution in [0, 0.1) is 20.8 Å². The number of hydrogen-bond donors (Lipinski definition) is 2. The minimum atomic E-state index is -0.614. The van der Waals surface area contributed by atoms with Crippen LogP contribution in [0.5, 0.6) is 5.75 Å². The van der Waals surface area contributed by atoms with Gasteiger partial charge in [-0.05, 0) is 63.4 Å². The summed E-state index contributed by atoms with van der Waals surface area (Å²) in [6.07, 6.45) is 2.24. The monoisotopic (exact) mass is 276 g/mol. The topological polar surface area (TPSA) is 64.3 Å². The van der Waals surface area contributed by atoms with E-state index < -0.39 is 5.54 Å². The molecule has 2 rings (SSSR count). The van der Waals surface area contributed by atoms with Gasteiger partial charge in [0.2, 0.25) is 5.91 Å². The number of nitrogens with two attached hydrogens (primary N) is 1. The van der Waals surface area contributed by atoms with Crippen molar-refractivity contribution >= 4 is 5.91 Å². The van der Waals surface area contributed by atoms with Gasteiger partial charge in [-0.1, -0.05) is 6.07 Å². The Morgan fingerprint density at radius 1 is 1.40 bits per heavy atom. The molecule has 1 saturated carbocycles. The van der Waals surface area contributed by atoms with Crippen LogP contribution < -0.4 is 15.8 Å². The second kappa shape index (κ2) is 5.44. The highest BCUT2D eigenvalue weighted by atomic mass is 16.5. The molecular weight excluding hydrogens is 252 g/mol. The van der Waals surface area contributed by atoms with Gasteiger partial charge >= 0.3 is 0 Å². The molecule has 1 aromatic rings. The Labute approximate surface area is 120 Å². The summed E-state index contributed by atoms with van der Waals surface area (Å²) in [5.41, 5.74) is 8.49. The number of rotatable bonds is 4. The predicted octanol–water partition coefficient (Wildman–Crippen LogP) is 1.99. The normalized spacial score (nSPS) is 25.7. The van der Waals surface area contributed by atoms with Gasteiger partial charge < -0.3 is 15.8 Å². The zero-order valence-corrected chi connectivity index (χ0v) is 12.7. The Morgan fingerprint density at radius 2 is 2.10 bits per heavy atom. The zero-order valence-electron chi connectivity index (χ0n) is 12.7. The molecule has 1 aliphatic rings. The van der Waals surface area contributed by atoms with Crippen LogP contribution in [0.25, 0.3) is 0 Å². The third-order valence-corrected chi connectivity index (χ3v) is 4.48. The summed E-state index contributed by atoms with van der Waals surface area (Å²) in [6.45, 7) is 6.22. The van der Waals surface area contributed by atoms with Crippen molar-refractivity contribution in [1.82, 2.24) is 5.32 Å². The summed E-state index contributed by atoms with van der Waals surface area (Å²) in [5.74, 6) is 0.632. The number of nitrogens with one attached hydrogen (secondary N) is 1. The maximum atomic E-state index is 11.6. The van der Waals surface area contributed by atoms with E-state index in [2.05, 4.69) is 38.2 Å². The maximum Gasteiger partial charge on any atom is 0.237 e. The fraction of sp³-hybridized carbons (Fsp3) is 0.562. The van der Waals surface area contributed by atoms with Crippen molar-refractivity contribution in [2.75, 3.05) is 7.05 Å². The molecule has 1 aliphatic carbocycles. The van der Waals surface area contributed by atoms with Gasteiger partial charge in [0.15, 0.2) is 0 Å². The molecule has 20 heavy (non-hydrogen) atoms. The molecule has 0 heterocycles. The number of hydrogen-bond acceptors (Lipinski definition) is 3. The lowest BCUT2D eigenvalue weighted by Gasteiger charge is -2.25. The van der Waals surface area contributed by atoms with Gasteiger partial charge in [0, 0.05) is 6.42 Å². The van der Waals surface area contributed by atoms with Gasteiger partial charge in [-0.3, -0.25) is 4.79 Å². The van der Waals surface area contributed by atoms with E-state index >= 15 is 0 Å². The Bertz CT molecular complexity index is 527. The lowest BCUT2D eigenvalue weighted by molar-refractivity contribution is -0.124. The van der Waals surface area contributed by atoms with Crippen molar-refractivity contribution in [2.45, 2.75) is 51.7 Å². The zero-order chi connectivity index (χ0) is 14.9. The van der Waals surface area contributed by atoms with E-state index in [0.29, 0.717) is 6.42 Å². The summed E-state index contributed by atoms with van der Waals surface area (Å²) in [4.78, 5) is 11.6. The Hall–Kier alpha value is -1.55. The van der Waals surface area contributed by atoms with Crippen molar-refractivity contribution in [3.05, 3.63) is 28.8 Å². The number of carbonyl (C=O) groups is 1. The van der Waals surface area contributed by atoms with Crippen LogP contribution in [0.4, 0.5) is 0 Å². The lowest BCUT2D eigenvalue weighted by Crippen LogP contribution is -2.52. The van der Waals surface area contributed by atoms with Crippen molar-refractivity contribution in [3.63, 3.8) is 0 Å². The highest BCUT2D eigenvalue weighted by Crippen LogP contribution is 2.34. The van der Waals surface area contributed by atoms with Crippen molar-refractivity contribution in [2.24, 2.45) is 5.73 Å². The summed E-state index contributed by atoms with van der Waals surface area (Å²) < 4.78 is 6.13. The first-order chi connectivity index (χ1) is 9.38. The van der Waals surface area contributed by atoms with Crippen molar-refractivity contribution < 1.29 is 9.53 Å². The molecule has 1 aromatic carbocycles. The quantitative estimate of drug-likeness (QED) is 0.884. The van der Waals surface area contributed by atoms with Crippen LogP contribution in [-0.2, 0) is 4.79 Å². The van der Waals surface area contributed by atoms with Crippen LogP contribution in [0.2, 0.25) is 0 Å². The average molecular weight is 276 g/mol. The number of likely N-dealkylation sites (N-methyl/N-ethyl adjacent to an activating group) is 1. The van der Waals surface area contributed by atoms with Crippen LogP contribution in [0.15, 0.2) is 12.1 Å². The Balaban J connectivity index is 2.15. The largest absolute Gasteiger partial charge is 0.490 e. The number of primary amides is 1. The number of amides is 1. The minimum absolute atomic E-state index is 0.0369. The summed E-state index contributed by atoms with van der Waals surface area (Å²) >= 11 is 0. The van der Waals surface area contributed by atoms with Gasteiger partial charge in [-0.25, -0.2) is 0 Å². The minimum Gasteiger partial charge on any atom is -0.490 e. The number of carbonyl (C=O) groups excluding carboxylic acids is 1. The fourth-order valence-corrected chi connectivity index (χ4v) is 2.98. The highest BCUT2D eigenvalue weighted by molar-refractivity contribution is 5.85. The number of aryl methyl sites for hydroxylation is 2. The van der Waals surface area contributed by atoms with E-state index in [9.17, 15) is 4.79 Å². The van der Waals surface area contributed by atoms with Gasteiger partial charge in [0.05, 0.1) is 0 Å². The van der Waals surface area contributed by atoms with Gasteiger partial charge in [0.1, 0.15) is 17.4 Å². The van der Waals surface area contributed by atoms with E-state index in [0.717, 1.165) is 24.2 Å². The molecule has 2 atom stereocenters. The molecule has 2 unspecified atom stereocenters. The summed E-state index contributed by atoms with van der Waals surface area (Å²) in [5, 5.41) is 3.08. The van der Waals surface area contributed by atoms with Crippen molar-refractivity contribution in [3.8, 4) is 5.75 Å². The van der Waals surface area contributed by atoms with Gasteiger partial charge in [-0.15, -0.1) is 0 Å². The first kappa shape index (κ1) is 14.9. The molecule has 0 aliphatic heterocycles. The van der Waals surface area contributed by atoms with Crippen molar-refractivity contribution in [1.29, 1.82) is 0 Å². The third kappa shape index (κ3) is 2.66. The van der Waals surface area contributed by atoms with Crippen LogP contribution in [0.1, 0.15) is 36.0 Å². The Morgan fingerprint density at radius 3 is 2.65 bits per heavy atom. The van der Waals surface area contributed by atoms with Crippen LogP contribution in [0.3, 0.4) is 0 Å². The molecule has 0 spiro atoms. The van der Waals surface area contributed by atoms with E-state index in [-0.39, 0.29) is 12.0 Å². The van der Waals surface area contributed by atoms with Gasteiger partial charge in [-0.2, -0.15) is 0 Å². The molecule has 4 nitrogen and oxygen atoms in total. The second-order valence-corrected chi connectivity index (χ2v) is 5.88. The molecule has 0 saturated heterocycles. The second-order valence-electron chi connectivity index (χ2n) is 5.88. The van der Waals surface area contributed by atoms with Crippen LogP contribution >= 0.6 is 0 Å². The molecule has 0 aromatic heterocycles. The van der Waals surface area contributed by atoms with Gasteiger partial charge in [0.25, 0.3) is 0 Å². The molecule has 1 amide bonds. The van der Waals surface area contributed by atoms with E-state index in [1.54, 1.807) is 7.05 Å². The third-order valence-electron chi connectivity index (χ3n) is 4.48. The average Bonchev–Trinajstić information content (AvgIpc) is 2.80. The Kier molecular flexibility index (Phi) is 4.04. The SMILES string of the molecule is CNC1(C(N)=O)CCC(Oc2cc(C)cc(C)c2C)C1. The molecular formula is C16H24N2O2. The molecule has 1 fully saturated rings. The first-order valence-electron chi connectivity index (χ1n) is 7.11. The van der Waals surface area contributed by atoms with Crippen LogP contribution in [-0.4, -0.2) is 24.6 Å². The standard InChI is InChI=1S/C16H24N2O2/c1-10-7-11(2)12(3)14(8-10)20-13-5-6-16(9-13,18-4)15(17)19/h7-8,13,18H,5-6,9H2,1-4H3,(H2,17,19). The predicted molar refractivity (Wildman–Crippen MR) is 79.9 cm³/mol. The fourth-order valence-electron chi connectivity index (χ4n) is 2.98. The molecule has 0 radical (unpaired) electrons. The number of benzene rings is 1. The molecule has 4 heteroatoms. The molecule has 110 valence electrons. The lowest BCUT2D eigenvalue weighted by atomic mass is 9.97. The maximum absolute atomic E-state index is 11.6. The number of ether oxygens (including phenoxy) is 1. The first-order valence-corrected chi connectivity index (χ1v) is 7.11. The highest BCUT2D eigenvalue weighted by Gasteiger charge is 2.43. The van der Waals surface area contributed by atoms with E-state index in [1.807, 2.05) is 0 Å². The van der Waals surface area contributed by atoms with E-state index in [1.165, 1.54) is 11.1 Å². The summed E-state index contributed by atoms with van der Waals surface area (Å²) in [6, 6.07) is 4.21. The van der Waals surface area contributed by atoms with E-state index in [4.69, 9.17) is 10.5 Å². The molecule has 0 bridgehead atoms. The summed E-state index contributed by atoms with van der Waals surface area (Å²) in [7, 11) is 1.79.